The van der Waals surface area contributed by atoms with Gasteiger partial charge in [0.1, 0.15) is 6.04 Å². The highest BCUT2D eigenvalue weighted by Gasteiger charge is 2.30. The zero-order valence-electron chi connectivity index (χ0n) is 11.0. The Morgan fingerprint density at radius 3 is 2.18 bits per heavy atom. The molecule has 0 heterocycles. The third-order valence-electron chi connectivity index (χ3n) is 2.29. The number of carbonyl (C=O) groups is 2. The van der Waals surface area contributed by atoms with Gasteiger partial charge in [0, 0.05) is 6.42 Å². The van der Waals surface area contributed by atoms with Gasteiger partial charge in [-0.1, -0.05) is 20.8 Å². The van der Waals surface area contributed by atoms with Gasteiger partial charge in [-0.25, -0.2) is 0 Å². The number of halogens is 1. The number of hydrogen-bond acceptors (Lipinski definition) is 3. The number of nitrogens with two attached hydrogens (primary N) is 1. The van der Waals surface area contributed by atoms with Crippen LogP contribution < -0.4 is 16.4 Å². The Morgan fingerprint density at radius 2 is 1.82 bits per heavy atom. The van der Waals surface area contributed by atoms with Gasteiger partial charge < -0.3 is 16.4 Å². The summed E-state index contributed by atoms with van der Waals surface area (Å²) in [6, 6.07) is -0.616. The Morgan fingerprint density at radius 1 is 1.29 bits per heavy atom. The van der Waals surface area contributed by atoms with Gasteiger partial charge in [-0.2, -0.15) is 0 Å². The minimum absolute atomic E-state index is 0. The van der Waals surface area contributed by atoms with Gasteiger partial charge >= 0.3 is 0 Å². The number of amides is 2. The molecule has 0 saturated heterocycles. The van der Waals surface area contributed by atoms with E-state index in [-0.39, 0.29) is 23.7 Å². The third kappa shape index (κ3) is 7.99. The maximum absolute atomic E-state index is 11.5. The average molecular weight is 266 g/mol. The van der Waals surface area contributed by atoms with Gasteiger partial charge in [-0.3, -0.25) is 9.59 Å². The molecule has 5 nitrogen and oxygen atoms in total. The summed E-state index contributed by atoms with van der Waals surface area (Å²) in [6.07, 6.45) is 1.15. The lowest BCUT2D eigenvalue weighted by atomic mass is 9.86. The topological polar surface area (TPSA) is 84.2 Å². The molecule has 0 aromatic rings. The van der Waals surface area contributed by atoms with Crippen LogP contribution in [0.1, 0.15) is 33.6 Å². The first-order valence-electron chi connectivity index (χ1n) is 5.52. The molecule has 1 atom stereocenters. The summed E-state index contributed by atoms with van der Waals surface area (Å²) in [6.45, 7) is 6.40. The molecular weight excluding hydrogens is 242 g/mol. The largest absolute Gasteiger partial charge is 0.368 e. The SMILES string of the molecule is CNCCCC(=O)NC(C(N)=O)C(C)(C)C.Cl. The van der Waals surface area contributed by atoms with Crippen LogP contribution in [0.3, 0.4) is 0 Å². The van der Waals surface area contributed by atoms with Gasteiger partial charge in [0.2, 0.25) is 11.8 Å². The van der Waals surface area contributed by atoms with E-state index in [2.05, 4.69) is 10.6 Å². The van der Waals surface area contributed by atoms with Crippen molar-refractivity contribution in [3.8, 4) is 0 Å². The Balaban J connectivity index is 0. The highest BCUT2D eigenvalue weighted by molar-refractivity contribution is 5.87. The van der Waals surface area contributed by atoms with Crippen molar-refractivity contribution in [2.24, 2.45) is 11.1 Å². The van der Waals surface area contributed by atoms with Gasteiger partial charge in [0.15, 0.2) is 0 Å². The summed E-state index contributed by atoms with van der Waals surface area (Å²) in [4.78, 5) is 22.7. The van der Waals surface area contributed by atoms with Crippen LogP contribution in [0.4, 0.5) is 0 Å². The maximum atomic E-state index is 11.5. The summed E-state index contributed by atoms with van der Waals surface area (Å²) in [5, 5.41) is 5.63. The second kappa shape index (κ2) is 8.31. The van der Waals surface area contributed by atoms with Crippen molar-refractivity contribution in [2.75, 3.05) is 13.6 Å². The molecule has 0 saturated carbocycles. The van der Waals surface area contributed by atoms with E-state index in [0.717, 1.165) is 13.0 Å². The number of carbonyl (C=O) groups excluding carboxylic acids is 2. The molecule has 6 heteroatoms. The molecule has 0 radical (unpaired) electrons. The minimum atomic E-state index is -0.616. The molecule has 0 spiro atoms. The van der Waals surface area contributed by atoms with Crippen LogP contribution in [0.15, 0.2) is 0 Å². The molecule has 17 heavy (non-hydrogen) atoms. The molecule has 2 amide bonds. The number of primary amides is 1. The van der Waals surface area contributed by atoms with Crippen LogP contribution in [0, 0.1) is 5.41 Å². The molecule has 0 aromatic carbocycles. The highest BCUT2D eigenvalue weighted by atomic mass is 35.5. The standard InChI is InChI=1S/C11H23N3O2.ClH/c1-11(2,3)9(10(12)16)14-8(15)6-5-7-13-4;/h9,13H,5-7H2,1-4H3,(H2,12,16)(H,14,15);1H. The quantitative estimate of drug-likeness (QED) is 0.609. The van der Waals surface area contributed by atoms with E-state index >= 15 is 0 Å². The second-order valence-corrected chi connectivity index (χ2v) is 4.98. The summed E-state index contributed by atoms with van der Waals surface area (Å²) < 4.78 is 0. The number of rotatable bonds is 6. The van der Waals surface area contributed by atoms with Crippen molar-refractivity contribution in [1.29, 1.82) is 0 Å². The van der Waals surface area contributed by atoms with E-state index in [9.17, 15) is 9.59 Å². The zero-order valence-corrected chi connectivity index (χ0v) is 11.8. The monoisotopic (exact) mass is 265 g/mol. The predicted molar refractivity (Wildman–Crippen MR) is 71.0 cm³/mol. The van der Waals surface area contributed by atoms with E-state index < -0.39 is 11.9 Å². The van der Waals surface area contributed by atoms with Crippen LogP contribution in [0.2, 0.25) is 0 Å². The summed E-state index contributed by atoms with van der Waals surface area (Å²) in [7, 11) is 1.83. The molecular formula is C11H24ClN3O2. The molecule has 0 fully saturated rings. The average Bonchev–Trinajstić information content (AvgIpc) is 2.12. The Labute approximate surface area is 109 Å². The fraction of sp³-hybridized carbons (Fsp3) is 0.818. The lowest BCUT2D eigenvalue weighted by molar-refractivity contribution is -0.129. The Bertz CT molecular complexity index is 252. The fourth-order valence-electron chi connectivity index (χ4n) is 1.37. The molecule has 1 unspecified atom stereocenters. The summed E-state index contributed by atoms with van der Waals surface area (Å²) >= 11 is 0. The molecule has 4 N–H and O–H groups in total. The minimum Gasteiger partial charge on any atom is -0.368 e. The van der Waals surface area contributed by atoms with Crippen molar-refractivity contribution < 1.29 is 9.59 Å². The highest BCUT2D eigenvalue weighted by Crippen LogP contribution is 2.18. The summed E-state index contributed by atoms with van der Waals surface area (Å²) in [5.74, 6) is -0.622. The summed E-state index contributed by atoms with van der Waals surface area (Å²) in [5.41, 5.74) is 4.90. The predicted octanol–water partition coefficient (Wildman–Crippen LogP) is 0.424. The maximum Gasteiger partial charge on any atom is 0.240 e. The van der Waals surface area contributed by atoms with Crippen molar-refractivity contribution in [3.05, 3.63) is 0 Å². The smallest absolute Gasteiger partial charge is 0.240 e. The van der Waals surface area contributed by atoms with E-state index in [1.807, 2.05) is 27.8 Å². The fourth-order valence-corrected chi connectivity index (χ4v) is 1.37. The molecule has 0 rings (SSSR count). The van der Waals surface area contributed by atoms with Crippen LogP contribution in [0.5, 0.6) is 0 Å². The normalized spacial score (nSPS) is 12.5. The van der Waals surface area contributed by atoms with E-state index in [1.165, 1.54) is 0 Å². The Hall–Kier alpha value is -0.810. The van der Waals surface area contributed by atoms with Crippen LogP contribution >= 0.6 is 12.4 Å². The molecule has 102 valence electrons. The first-order chi connectivity index (χ1) is 7.29. The van der Waals surface area contributed by atoms with E-state index in [0.29, 0.717) is 6.42 Å². The van der Waals surface area contributed by atoms with Gasteiger partial charge in [-0.05, 0) is 25.4 Å². The van der Waals surface area contributed by atoms with Crippen molar-refractivity contribution >= 4 is 24.2 Å². The van der Waals surface area contributed by atoms with Crippen molar-refractivity contribution in [2.45, 2.75) is 39.7 Å². The van der Waals surface area contributed by atoms with E-state index in [1.54, 1.807) is 0 Å². The van der Waals surface area contributed by atoms with Gasteiger partial charge in [-0.15, -0.1) is 12.4 Å². The molecule has 0 aromatic heterocycles. The third-order valence-corrected chi connectivity index (χ3v) is 2.29. The van der Waals surface area contributed by atoms with Gasteiger partial charge in [0.05, 0.1) is 0 Å². The Kier molecular flexibility index (Phi) is 9.06. The van der Waals surface area contributed by atoms with Crippen molar-refractivity contribution in [3.63, 3.8) is 0 Å². The second-order valence-electron chi connectivity index (χ2n) is 4.98. The number of hydrogen-bond donors (Lipinski definition) is 3. The lowest BCUT2D eigenvalue weighted by Gasteiger charge is -2.28. The lowest BCUT2D eigenvalue weighted by Crippen LogP contribution is -2.52. The molecule has 0 aliphatic heterocycles. The van der Waals surface area contributed by atoms with E-state index in [4.69, 9.17) is 5.73 Å². The first kappa shape index (κ1) is 18.6. The molecule has 0 bridgehead atoms. The zero-order chi connectivity index (χ0) is 12.8. The van der Waals surface area contributed by atoms with Crippen molar-refractivity contribution in [1.82, 2.24) is 10.6 Å². The van der Waals surface area contributed by atoms with Crippen LogP contribution in [-0.2, 0) is 9.59 Å². The number of nitrogens with one attached hydrogen (secondary N) is 2. The van der Waals surface area contributed by atoms with Crippen LogP contribution in [0.25, 0.3) is 0 Å². The molecule has 0 aliphatic carbocycles. The van der Waals surface area contributed by atoms with Gasteiger partial charge in [0.25, 0.3) is 0 Å². The molecule has 0 aliphatic rings. The first-order valence-corrected chi connectivity index (χ1v) is 5.52. The van der Waals surface area contributed by atoms with Crippen LogP contribution in [-0.4, -0.2) is 31.4 Å².